The maximum Gasteiger partial charge on any atom is 0.296 e. The zero-order valence-corrected chi connectivity index (χ0v) is 17.6. The van der Waals surface area contributed by atoms with Crippen molar-refractivity contribution in [2.75, 3.05) is 4.90 Å². The van der Waals surface area contributed by atoms with Gasteiger partial charge in [-0.3, -0.25) is 19.2 Å². The van der Waals surface area contributed by atoms with E-state index in [-0.39, 0.29) is 22.9 Å². The molecular formula is C25H20N4O3. The summed E-state index contributed by atoms with van der Waals surface area (Å²) in [4.78, 5) is 33.1. The summed E-state index contributed by atoms with van der Waals surface area (Å²) in [5, 5.41) is 0. The van der Waals surface area contributed by atoms with Gasteiger partial charge in [-0.2, -0.15) is 0 Å². The molecule has 0 bridgehead atoms. The van der Waals surface area contributed by atoms with Gasteiger partial charge in [0.05, 0.1) is 17.6 Å². The van der Waals surface area contributed by atoms with Gasteiger partial charge in [0, 0.05) is 18.7 Å². The van der Waals surface area contributed by atoms with Crippen LogP contribution < -0.4 is 10.5 Å². The Morgan fingerprint density at radius 3 is 2.25 bits per heavy atom. The molecule has 2 aromatic carbocycles. The molecule has 1 amide bonds. The zero-order chi connectivity index (χ0) is 22.2. The van der Waals surface area contributed by atoms with Gasteiger partial charge in [0.15, 0.2) is 0 Å². The first-order valence-electron chi connectivity index (χ1n) is 10.1. The Labute approximate surface area is 184 Å². The van der Waals surface area contributed by atoms with E-state index < -0.39 is 0 Å². The number of rotatable bonds is 4. The summed E-state index contributed by atoms with van der Waals surface area (Å²) >= 11 is 0. The summed E-state index contributed by atoms with van der Waals surface area (Å²) in [5.74, 6) is 0.531. The molecule has 0 unspecified atom stereocenters. The number of anilines is 1. The first kappa shape index (κ1) is 19.6. The number of aliphatic imine (C=N–C) groups is 1. The standard InChI is InChI=1S/C25H20N4O3/c1-17-22(25(31)29(27(17)2)19-12-7-4-8-13-19)28-23(18-10-5-3-6-11-18)26-21(24(28)30)16-20-14-9-15-32-20/h3-16H,1-2H3/b21-16-. The second-order valence-corrected chi connectivity index (χ2v) is 7.40. The van der Waals surface area contributed by atoms with Crippen molar-refractivity contribution in [3.05, 3.63) is 112 Å². The van der Waals surface area contributed by atoms with E-state index in [1.165, 1.54) is 11.2 Å². The van der Waals surface area contributed by atoms with Crippen LogP contribution in [0.1, 0.15) is 17.0 Å². The maximum absolute atomic E-state index is 13.6. The van der Waals surface area contributed by atoms with Crippen molar-refractivity contribution in [3.8, 4) is 5.69 Å². The van der Waals surface area contributed by atoms with E-state index in [1.54, 1.807) is 34.6 Å². The predicted molar refractivity (Wildman–Crippen MR) is 123 cm³/mol. The average molecular weight is 424 g/mol. The third kappa shape index (κ3) is 3.11. The van der Waals surface area contributed by atoms with Crippen LogP contribution in [0.25, 0.3) is 11.8 Å². The van der Waals surface area contributed by atoms with Crippen LogP contribution in [0.4, 0.5) is 5.69 Å². The van der Waals surface area contributed by atoms with Crippen molar-refractivity contribution in [2.45, 2.75) is 6.92 Å². The molecule has 3 heterocycles. The lowest BCUT2D eigenvalue weighted by molar-refractivity contribution is -0.113. The molecule has 0 atom stereocenters. The molecule has 1 aliphatic heterocycles. The number of carbonyl (C=O) groups excluding carboxylic acids is 1. The van der Waals surface area contributed by atoms with E-state index >= 15 is 0 Å². The Balaban J connectivity index is 1.71. The van der Waals surface area contributed by atoms with Crippen molar-refractivity contribution in [1.82, 2.24) is 9.36 Å². The molecule has 0 saturated carbocycles. The van der Waals surface area contributed by atoms with Crippen LogP contribution in [-0.2, 0) is 11.8 Å². The van der Waals surface area contributed by atoms with E-state index in [0.29, 0.717) is 23.0 Å². The van der Waals surface area contributed by atoms with E-state index in [9.17, 15) is 9.59 Å². The van der Waals surface area contributed by atoms with Crippen molar-refractivity contribution >= 4 is 23.5 Å². The minimum atomic E-state index is -0.383. The molecule has 0 spiro atoms. The SMILES string of the molecule is Cc1c(N2C(=O)/C(=C/c3ccco3)N=C2c2ccccc2)c(=O)n(-c2ccccc2)n1C. The van der Waals surface area contributed by atoms with Gasteiger partial charge in [-0.25, -0.2) is 9.67 Å². The number of amidine groups is 1. The van der Waals surface area contributed by atoms with Crippen molar-refractivity contribution in [3.63, 3.8) is 0 Å². The number of nitrogens with zero attached hydrogens (tertiary/aromatic N) is 4. The number of benzene rings is 2. The van der Waals surface area contributed by atoms with Crippen LogP contribution in [0.3, 0.4) is 0 Å². The Morgan fingerprint density at radius 1 is 0.906 bits per heavy atom. The number of carbonyl (C=O) groups is 1. The highest BCUT2D eigenvalue weighted by Crippen LogP contribution is 2.29. The summed E-state index contributed by atoms with van der Waals surface area (Å²) in [6.45, 7) is 1.82. The Hall–Kier alpha value is -4.39. The number of aromatic nitrogens is 2. The maximum atomic E-state index is 13.6. The van der Waals surface area contributed by atoms with Gasteiger partial charge in [-0.1, -0.05) is 48.5 Å². The highest BCUT2D eigenvalue weighted by molar-refractivity contribution is 6.33. The smallest absolute Gasteiger partial charge is 0.296 e. The lowest BCUT2D eigenvalue weighted by Gasteiger charge is -2.17. The summed E-state index contributed by atoms with van der Waals surface area (Å²) < 4.78 is 8.67. The number of hydrogen-bond donors (Lipinski definition) is 0. The van der Waals surface area contributed by atoms with Gasteiger partial charge in [0.2, 0.25) is 0 Å². The average Bonchev–Trinajstić information content (AvgIpc) is 3.49. The fourth-order valence-electron chi connectivity index (χ4n) is 3.82. The molecule has 7 nitrogen and oxygen atoms in total. The number of para-hydroxylation sites is 1. The predicted octanol–water partition coefficient (Wildman–Crippen LogP) is 3.91. The third-order valence-electron chi connectivity index (χ3n) is 5.46. The van der Waals surface area contributed by atoms with Crippen LogP contribution in [0.5, 0.6) is 0 Å². The molecule has 0 radical (unpaired) electrons. The molecule has 0 fully saturated rings. The topological polar surface area (TPSA) is 72.7 Å². The van der Waals surface area contributed by atoms with Crippen molar-refractivity contribution in [1.29, 1.82) is 0 Å². The van der Waals surface area contributed by atoms with Crippen LogP contribution in [0.2, 0.25) is 0 Å². The lowest BCUT2D eigenvalue weighted by Crippen LogP contribution is -2.36. The summed E-state index contributed by atoms with van der Waals surface area (Å²) in [7, 11) is 1.80. The highest BCUT2D eigenvalue weighted by Gasteiger charge is 2.37. The van der Waals surface area contributed by atoms with Gasteiger partial charge < -0.3 is 4.42 Å². The zero-order valence-electron chi connectivity index (χ0n) is 17.6. The van der Waals surface area contributed by atoms with E-state index in [4.69, 9.17) is 4.42 Å². The van der Waals surface area contributed by atoms with E-state index in [1.807, 2.05) is 67.6 Å². The Morgan fingerprint density at radius 2 is 1.59 bits per heavy atom. The Kier molecular flexibility index (Phi) is 4.71. The monoisotopic (exact) mass is 424 g/mol. The molecular weight excluding hydrogens is 404 g/mol. The quantitative estimate of drug-likeness (QED) is 0.466. The molecule has 0 N–H and O–H groups in total. The summed E-state index contributed by atoms with van der Waals surface area (Å²) in [6.07, 6.45) is 3.12. The molecule has 32 heavy (non-hydrogen) atoms. The van der Waals surface area contributed by atoms with Crippen molar-refractivity contribution in [2.24, 2.45) is 12.0 Å². The summed E-state index contributed by atoms with van der Waals surface area (Å²) in [6, 6.07) is 22.2. The molecule has 158 valence electrons. The second-order valence-electron chi connectivity index (χ2n) is 7.40. The Bertz CT molecular complexity index is 1410. The molecule has 0 saturated heterocycles. The van der Waals surface area contributed by atoms with Crippen molar-refractivity contribution < 1.29 is 9.21 Å². The van der Waals surface area contributed by atoms with Gasteiger partial charge in [0.1, 0.15) is 23.0 Å². The van der Waals surface area contributed by atoms with Gasteiger partial charge in [-0.05, 0) is 31.2 Å². The highest BCUT2D eigenvalue weighted by atomic mass is 16.3. The van der Waals surface area contributed by atoms with Gasteiger partial charge in [0.25, 0.3) is 11.5 Å². The van der Waals surface area contributed by atoms with Crippen LogP contribution in [-0.4, -0.2) is 21.1 Å². The minimum absolute atomic E-state index is 0.202. The molecule has 4 aromatic rings. The number of furan rings is 1. The molecule has 5 rings (SSSR count). The third-order valence-corrected chi connectivity index (χ3v) is 5.46. The van der Waals surface area contributed by atoms with Crippen LogP contribution in [0, 0.1) is 6.92 Å². The minimum Gasteiger partial charge on any atom is -0.465 e. The summed E-state index contributed by atoms with van der Waals surface area (Å²) in [5.41, 5.74) is 2.27. The molecule has 0 aliphatic carbocycles. The first-order valence-corrected chi connectivity index (χ1v) is 10.1. The van der Waals surface area contributed by atoms with Crippen LogP contribution >= 0.6 is 0 Å². The molecule has 7 heteroatoms. The van der Waals surface area contributed by atoms with Gasteiger partial charge >= 0.3 is 0 Å². The van der Waals surface area contributed by atoms with E-state index in [2.05, 4.69) is 4.99 Å². The van der Waals surface area contributed by atoms with Crippen LogP contribution in [0.15, 0.2) is 99.0 Å². The lowest BCUT2D eigenvalue weighted by atomic mass is 10.2. The molecule has 1 aliphatic rings. The number of amides is 1. The fraction of sp³-hybridized carbons (Fsp3) is 0.0800. The number of hydrogen-bond acceptors (Lipinski definition) is 4. The second kappa shape index (κ2) is 7.70. The first-order chi connectivity index (χ1) is 15.6. The largest absolute Gasteiger partial charge is 0.465 e. The molecule has 2 aromatic heterocycles. The normalized spacial score (nSPS) is 14.9. The fourth-order valence-corrected chi connectivity index (χ4v) is 3.82. The van der Waals surface area contributed by atoms with Gasteiger partial charge in [-0.15, -0.1) is 0 Å². The van der Waals surface area contributed by atoms with E-state index in [0.717, 1.165) is 5.56 Å².